The summed E-state index contributed by atoms with van der Waals surface area (Å²) in [6, 6.07) is 7.38. The van der Waals surface area contributed by atoms with Crippen LogP contribution in [0, 0.1) is 17.2 Å². The van der Waals surface area contributed by atoms with Crippen molar-refractivity contribution in [1.82, 2.24) is 97.6 Å². The highest BCUT2D eigenvalue weighted by atomic mass is 32.2. The molecule has 3 aromatic carbocycles. The summed E-state index contributed by atoms with van der Waals surface area (Å²) in [6.07, 6.45) is 7.16. The van der Waals surface area contributed by atoms with Gasteiger partial charge in [-0.3, -0.25) is 82.1 Å². The summed E-state index contributed by atoms with van der Waals surface area (Å²) in [5, 5.41) is 47.1. The average molecular weight is 1810 g/mol. The van der Waals surface area contributed by atoms with Gasteiger partial charge in [-0.15, -0.1) is 11.8 Å². The summed E-state index contributed by atoms with van der Waals surface area (Å²) in [7, 11) is 5.41. The summed E-state index contributed by atoms with van der Waals surface area (Å²) >= 11 is 0.830. The number of primary amides is 1. The highest BCUT2D eigenvalue weighted by Gasteiger charge is 2.43. The Morgan fingerprint density at radius 2 is 1.17 bits per heavy atom. The van der Waals surface area contributed by atoms with E-state index in [9.17, 15) is 57.8 Å². The topological polar surface area (TPSA) is 566 Å². The number of ketones is 1. The molecule has 2 aliphatic rings. The van der Waals surface area contributed by atoms with Crippen molar-refractivity contribution in [3.05, 3.63) is 126 Å². The molecule has 0 saturated carbocycles. The first-order chi connectivity index (χ1) is 61.1. The third-order valence-electron chi connectivity index (χ3n) is 22.8. The van der Waals surface area contributed by atoms with Crippen molar-refractivity contribution in [2.75, 3.05) is 79.0 Å². The molecule has 40 heteroatoms. The maximum atomic E-state index is 15.7. The first kappa shape index (κ1) is 103. The number of para-hydroxylation sites is 2. The maximum absolute atomic E-state index is 15.7. The van der Waals surface area contributed by atoms with Crippen molar-refractivity contribution < 1.29 is 81.8 Å². The van der Waals surface area contributed by atoms with Gasteiger partial charge in [0.2, 0.25) is 88.6 Å². The number of carbonyl (C=O) groups is 16. The number of thioether (sulfide) groups is 1. The van der Waals surface area contributed by atoms with Crippen molar-refractivity contribution in [2.45, 2.75) is 211 Å². The molecule has 0 bridgehead atoms. The molecule has 0 aliphatic carbocycles. The Bertz CT molecular complexity index is 4870. The number of nitrogens with one attached hydrogen (secondary N) is 14. The molecule has 15 amide bonds. The second-order valence-corrected chi connectivity index (χ2v) is 34.0. The van der Waals surface area contributed by atoms with Crippen LogP contribution in [0.4, 0.5) is 0 Å². The molecule has 702 valence electrons. The fourth-order valence-corrected chi connectivity index (χ4v) is 16.5. The zero-order chi connectivity index (χ0) is 93.4. The predicted octanol–water partition coefficient (Wildman–Crippen LogP) is 0.345. The second kappa shape index (κ2) is 50.7. The molecule has 0 spiro atoms. The summed E-state index contributed by atoms with van der Waals surface area (Å²) < 4.78 is 0. The summed E-state index contributed by atoms with van der Waals surface area (Å²) in [5.74, 6) is -15.8. The fourth-order valence-electron chi connectivity index (χ4n) is 15.6. The van der Waals surface area contributed by atoms with Crippen molar-refractivity contribution in [1.29, 1.82) is 5.41 Å². The van der Waals surface area contributed by atoms with Gasteiger partial charge in [0, 0.05) is 125 Å². The van der Waals surface area contributed by atoms with Gasteiger partial charge in [0.05, 0.1) is 38.3 Å². The minimum Gasteiger partial charge on any atom is -0.394 e. The van der Waals surface area contributed by atoms with Gasteiger partial charge in [0.25, 0.3) is 0 Å². The van der Waals surface area contributed by atoms with Gasteiger partial charge < -0.3 is 109 Å². The van der Waals surface area contributed by atoms with Gasteiger partial charge in [0.15, 0.2) is 11.7 Å². The number of rotatable bonds is 24. The average Bonchev–Trinajstić information content (AvgIpc) is 1.55. The van der Waals surface area contributed by atoms with E-state index in [1.807, 2.05) is 26.0 Å². The Labute approximate surface area is 754 Å². The van der Waals surface area contributed by atoms with Crippen LogP contribution in [0.15, 0.2) is 104 Å². The minimum atomic E-state index is -1.79. The number of fused-ring (bicyclic) bond motifs is 3. The number of carbonyl (C=O) groups excluding carboxylic acids is 16. The number of guanidine groups is 1. The van der Waals surface area contributed by atoms with Crippen LogP contribution >= 0.6 is 11.8 Å². The van der Waals surface area contributed by atoms with Gasteiger partial charge >= 0.3 is 0 Å². The lowest BCUT2D eigenvalue weighted by Crippen LogP contribution is -2.61. The number of hydrogen-bond donors (Lipinski definition) is 17. The number of amides is 15. The molecule has 0 unspecified atom stereocenters. The molecule has 12 atom stereocenters. The van der Waals surface area contributed by atoms with Crippen LogP contribution in [-0.2, 0) is 102 Å². The molecule has 8 rings (SSSR count). The van der Waals surface area contributed by atoms with Crippen LogP contribution in [0.1, 0.15) is 141 Å². The highest BCUT2D eigenvalue weighted by molar-refractivity contribution is 8.00. The molecule has 5 heterocycles. The summed E-state index contributed by atoms with van der Waals surface area (Å²) in [4.78, 5) is 253. The van der Waals surface area contributed by atoms with E-state index in [1.54, 1.807) is 93.0 Å². The van der Waals surface area contributed by atoms with Gasteiger partial charge in [0.1, 0.15) is 66.5 Å². The van der Waals surface area contributed by atoms with E-state index in [2.05, 4.69) is 73.1 Å². The van der Waals surface area contributed by atoms with E-state index in [0.717, 1.165) is 21.6 Å². The molecule has 0 radical (unpaired) electrons. The van der Waals surface area contributed by atoms with E-state index in [-0.39, 0.29) is 96.4 Å². The van der Waals surface area contributed by atoms with E-state index in [1.165, 1.54) is 62.3 Å². The van der Waals surface area contributed by atoms with E-state index in [0.29, 0.717) is 76.3 Å². The Morgan fingerprint density at radius 3 is 1.79 bits per heavy atom. The van der Waals surface area contributed by atoms with E-state index < -0.39 is 211 Å². The van der Waals surface area contributed by atoms with Crippen LogP contribution in [0.5, 0.6) is 0 Å². The normalized spacial score (nSPS) is 23.2. The number of hydrogen-bond acceptors (Lipinski definition) is 20. The van der Waals surface area contributed by atoms with Crippen molar-refractivity contribution >= 4 is 134 Å². The highest BCUT2D eigenvalue weighted by Crippen LogP contribution is 2.27. The number of nitrogens with two attached hydrogens (primary N) is 2. The third kappa shape index (κ3) is 30.2. The lowest BCUT2D eigenvalue weighted by atomic mass is 9.92. The number of aromatic nitrogens is 4. The van der Waals surface area contributed by atoms with Gasteiger partial charge in [-0.05, 0) is 93.0 Å². The largest absolute Gasteiger partial charge is 0.394 e. The number of aliphatic hydroxyl groups is 1. The molecular weight excluding hydrogens is 1680 g/mol. The lowest BCUT2D eigenvalue weighted by Gasteiger charge is -2.36. The zero-order valence-electron chi connectivity index (χ0n) is 74.0. The molecule has 2 aliphatic heterocycles. The third-order valence-corrected chi connectivity index (χ3v) is 23.9. The first-order valence-electron chi connectivity index (χ1n) is 43.3. The predicted molar refractivity (Wildman–Crippen MR) is 485 cm³/mol. The fraction of sp³-hybridized carbons (Fsp3) is 0.528. The van der Waals surface area contributed by atoms with Gasteiger partial charge in [-0.1, -0.05) is 128 Å². The molecule has 6 aromatic rings. The quantitative estimate of drug-likeness (QED) is 0.0221. The number of aliphatic hydroxyl groups excluding tert-OH is 1. The molecule has 3 aromatic heterocycles. The van der Waals surface area contributed by atoms with Crippen molar-refractivity contribution in [2.24, 2.45) is 23.3 Å². The Morgan fingerprint density at radius 1 is 0.597 bits per heavy atom. The van der Waals surface area contributed by atoms with Crippen LogP contribution < -0.4 is 64.6 Å². The number of likely N-dealkylation sites (N-methyl/N-ethyl adjacent to an activating group) is 4. The number of H-pyrrole nitrogens is 3. The van der Waals surface area contributed by atoms with E-state index in [4.69, 9.17) is 16.9 Å². The first-order valence-corrected chi connectivity index (χ1v) is 44.5. The smallest absolute Gasteiger partial charge is 0.245 e. The van der Waals surface area contributed by atoms with Gasteiger partial charge in [-0.25, -0.2) is 4.98 Å². The summed E-state index contributed by atoms with van der Waals surface area (Å²) in [5.41, 5.74) is 14.6. The van der Waals surface area contributed by atoms with Crippen LogP contribution in [0.2, 0.25) is 0 Å². The van der Waals surface area contributed by atoms with Gasteiger partial charge in [-0.2, -0.15) is 0 Å². The molecule has 19 N–H and O–H groups in total. The molecule has 2 saturated heterocycles. The van der Waals surface area contributed by atoms with Crippen LogP contribution in [0.25, 0.3) is 21.8 Å². The Balaban J connectivity index is 0.0000228. The minimum absolute atomic E-state index is 0. The standard InChI is InChI=1S/C88H124N22O17S.CH4/c1-10-12-30-70-82(122)100-63(29-21-33-93-88(90)91)79(119)105-69(78(118)96-44-73(89)113)48-128-49-74(114)99-66(36-53-23-15-14-16-24-53)85(125)107(7)52(5)76(116)97-45-75(115)110-34-22-32-71(110)83(123)101-64(40-57-43-92-50-98-57)80(120)102-65(35-51(3)4)84(124)106(6)46-58(112)38-54(37-55-41-94-61-27-19-17-25-59(55)61)77(117)104-68(47-111)81(121)103-67(39-56-42-95-62-28-20-18-26-60(56)62)86(126)109(9)72(31-13-11-2)87(127)108(70)8;/h14-20,23-28,41-43,50-52,54,63-72,94-95,111H,10-13,21-22,29-40,44-49H2,1-9H3,(H2,89,113)(H,92,98)(H,96,118)(H,97,116)(H,99,114)(H,100,122)(H,101,123)(H,102,120)(H,103,121)(H,104,117)(H,105,119)(H4,90,91,93);1H4/t52-,54+,63-,64-,65-,66-,67-,68-,69-,70-,71-,72-;/m0./s1. The SMILES string of the molecule is C.CCCC[C@H]1C(=O)N(C)[C@@H](CCCC)C(=O)N[C@@H](CCCNC(=N)N)C(=O)N[C@H](C(=O)NCC(N)=O)CSCC(=O)N[C@@H](Cc2ccccc2)C(=O)N(C)[C@@H](C)C(=O)NCC(=O)N2CCC[C@H]2C(=O)N[C@@H](Cc2cnc[nH]2)C(=O)N[C@@H](CC(C)C)C(=O)N(C)CC(=O)C[C@@H](Cc2c[nH]c3ccccc23)C(=O)N[C@@H](CO)C(=O)N[C@@H](Cc2c[nH]c3ccccc23)C(=O)N1C. The summed E-state index contributed by atoms with van der Waals surface area (Å²) in [6.45, 7) is 5.85. The number of imidazole rings is 1. The molecule has 129 heavy (non-hydrogen) atoms. The zero-order valence-corrected chi connectivity index (χ0v) is 74.8. The monoisotopic (exact) mass is 1810 g/mol. The molecule has 39 nitrogen and oxygen atoms in total. The number of Topliss-reactive ketones (excluding diaryl/α,β-unsaturated/α-hetero) is 1. The Kier molecular flexibility index (Phi) is 40.6. The van der Waals surface area contributed by atoms with Crippen LogP contribution in [0.3, 0.4) is 0 Å². The van der Waals surface area contributed by atoms with Crippen molar-refractivity contribution in [3.63, 3.8) is 0 Å². The number of unbranched alkanes of at least 4 members (excludes halogenated alkanes) is 2. The number of aromatic amines is 3. The van der Waals surface area contributed by atoms with Crippen LogP contribution in [-0.4, -0.2) is 295 Å². The number of nitrogens with zero attached hydrogens (tertiary/aromatic N) is 6. The second-order valence-electron chi connectivity index (χ2n) is 33.0. The molecular formula is C89H128N22O17S. The van der Waals surface area contributed by atoms with Crippen molar-refractivity contribution in [3.8, 4) is 0 Å². The lowest BCUT2D eigenvalue weighted by molar-refractivity contribution is -0.149. The van der Waals surface area contributed by atoms with E-state index >= 15 is 24.0 Å². The maximum Gasteiger partial charge on any atom is 0.245 e. The molecule has 2 fully saturated rings. The Hall–Kier alpha value is -12.8. The number of benzene rings is 3.